The fraction of sp³-hybridized carbons (Fsp3) is 0.286. The van der Waals surface area contributed by atoms with Crippen molar-refractivity contribution >= 4 is 40.4 Å². The van der Waals surface area contributed by atoms with Crippen LogP contribution in [0.15, 0.2) is 35.0 Å². The van der Waals surface area contributed by atoms with Crippen molar-refractivity contribution < 1.29 is 9.90 Å². The zero-order valence-electron chi connectivity index (χ0n) is 11.3. The molecule has 0 bridgehead atoms. The van der Waals surface area contributed by atoms with Crippen LogP contribution in [-0.4, -0.2) is 26.4 Å². The number of halogens is 1. The largest absolute Gasteiger partial charge is 0.481 e. The molecule has 0 atom stereocenters. The van der Waals surface area contributed by atoms with Crippen molar-refractivity contribution in [3.05, 3.63) is 34.9 Å². The molecule has 2 rings (SSSR count). The predicted octanol–water partition coefficient (Wildman–Crippen LogP) is 3.83. The molecule has 0 saturated heterocycles. The highest BCUT2D eigenvalue weighted by molar-refractivity contribution is 7.99. The zero-order chi connectivity index (χ0) is 14.7. The molecule has 4 nitrogen and oxygen atoms in total. The minimum absolute atomic E-state index is 0.00806. The summed E-state index contributed by atoms with van der Waals surface area (Å²) >= 11 is 7.25. The second kappa shape index (κ2) is 6.33. The Hall–Kier alpha value is -1.46. The van der Waals surface area contributed by atoms with Gasteiger partial charge in [-0.2, -0.15) is 0 Å². The quantitative estimate of drug-likeness (QED) is 0.673. The molecule has 1 N–H and O–H groups in total. The average Bonchev–Trinajstić information content (AvgIpc) is 2.71. The van der Waals surface area contributed by atoms with E-state index in [4.69, 9.17) is 16.7 Å². The van der Waals surface area contributed by atoms with Gasteiger partial charge in [-0.3, -0.25) is 4.79 Å². The summed E-state index contributed by atoms with van der Waals surface area (Å²) in [5.74, 6) is -0.861. The maximum Gasteiger partial charge on any atom is 0.313 e. The molecule has 2 aromatic rings. The number of imidazole rings is 1. The molecule has 0 aliphatic carbocycles. The minimum atomic E-state index is -0.853. The van der Waals surface area contributed by atoms with Gasteiger partial charge in [0, 0.05) is 11.6 Å². The van der Waals surface area contributed by atoms with Gasteiger partial charge in [0.15, 0.2) is 5.16 Å². The number of fused-ring (bicyclic) bond motifs is 1. The van der Waals surface area contributed by atoms with E-state index in [0.29, 0.717) is 16.7 Å². The number of aromatic nitrogens is 2. The van der Waals surface area contributed by atoms with E-state index in [1.165, 1.54) is 17.3 Å². The monoisotopic (exact) mass is 310 g/mol. The van der Waals surface area contributed by atoms with Crippen molar-refractivity contribution in [2.75, 3.05) is 5.75 Å². The van der Waals surface area contributed by atoms with Crippen LogP contribution >= 0.6 is 23.4 Å². The third-order valence-corrected chi connectivity index (χ3v) is 3.88. The number of hydrogen-bond donors (Lipinski definition) is 1. The number of benzene rings is 1. The molecule has 0 saturated carbocycles. The first-order chi connectivity index (χ1) is 9.47. The topological polar surface area (TPSA) is 55.1 Å². The second-order valence-corrected chi connectivity index (χ2v) is 5.98. The molecule has 106 valence electrons. The molecule has 0 unspecified atom stereocenters. The Morgan fingerprint density at radius 2 is 2.25 bits per heavy atom. The molecule has 1 aromatic heterocycles. The lowest BCUT2D eigenvalue weighted by Crippen LogP contribution is -2.02. The number of aliphatic carboxylic acids is 1. The number of rotatable bonds is 5. The van der Waals surface area contributed by atoms with E-state index in [0.717, 1.165) is 11.0 Å². The lowest BCUT2D eigenvalue weighted by molar-refractivity contribution is -0.133. The first-order valence-corrected chi connectivity index (χ1v) is 7.47. The van der Waals surface area contributed by atoms with E-state index in [1.54, 1.807) is 6.07 Å². The van der Waals surface area contributed by atoms with Crippen LogP contribution in [-0.2, 0) is 11.3 Å². The number of carboxylic acids is 1. The summed E-state index contributed by atoms with van der Waals surface area (Å²) in [7, 11) is 0. The van der Waals surface area contributed by atoms with Crippen molar-refractivity contribution in [2.24, 2.45) is 0 Å². The number of thioether (sulfide) groups is 1. The molecular formula is C14H15ClN2O2S. The summed E-state index contributed by atoms with van der Waals surface area (Å²) in [6, 6.07) is 5.49. The Kier molecular flexibility index (Phi) is 4.73. The molecule has 0 aliphatic heterocycles. The molecule has 1 aromatic carbocycles. The molecule has 0 radical (unpaired) electrons. The molecule has 0 amide bonds. The van der Waals surface area contributed by atoms with Gasteiger partial charge in [0.2, 0.25) is 0 Å². The smallest absolute Gasteiger partial charge is 0.313 e. The fourth-order valence-corrected chi connectivity index (χ4v) is 2.67. The van der Waals surface area contributed by atoms with Gasteiger partial charge in [-0.15, -0.1) is 0 Å². The van der Waals surface area contributed by atoms with Gasteiger partial charge in [0.05, 0.1) is 16.8 Å². The Morgan fingerprint density at radius 3 is 2.90 bits per heavy atom. The molecular weight excluding hydrogens is 296 g/mol. The van der Waals surface area contributed by atoms with Gasteiger partial charge in [0.1, 0.15) is 0 Å². The van der Waals surface area contributed by atoms with Crippen LogP contribution in [0.25, 0.3) is 11.0 Å². The zero-order valence-corrected chi connectivity index (χ0v) is 12.8. The lowest BCUT2D eigenvalue weighted by Gasteiger charge is -2.05. The number of carbonyl (C=O) groups is 1. The SMILES string of the molecule is CC(C)=CCn1c(SCC(=O)O)nc2ccc(Cl)cc21. The van der Waals surface area contributed by atoms with Crippen LogP contribution in [0, 0.1) is 0 Å². The minimum Gasteiger partial charge on any atom is -0.481 e. The van der Waals surface area contributed by atoms with Crippen LogP contribution in [0.4, 0.5) is 0 Å². The Bertz CT molecular complexity index is 675. The van der Waals surface area contributed by atoms with Crippen molar-refractivity contribution in [1.82, 2.24) is 9.55 Å². The highest BCUT2D eigenvalue weighted by Gasteiger charge is 2.12. The average molecular weight is 311 g/mol. The first-order valence-electron chi connectivity index (χ1n) is 6.11. The summed E-state index contributed by atoms with van der Waals surface area (Å²) in [6.07, 6.45) is 2.08. The van der Waals surface area contributed by atoms with E-state index in [9.17, 15) is 4.79 Å². The molecule has 20 heavy (non-hydrogen) atoms. The molecule has 1 heterocycles. The first kappa shape index (κ1) is 14.9. The van der Waals surface area contributed by atoms with Crippen molar-refractivity contribution in [2.45, 2.75) is 25.5 Å². The second-order valence-electron chi connectivity index (χ2n) is 4.60. The normalized spacial score (nSPS) is 10.8. The van der Waals surface area contributed by atoms with Crippen molar-refractivity contribution in [1.29, 1.82) is 0 Å². The van der Waals surface area contributed by atoms with E-state index < -0.39 is 5.97 Å². The third kappa shape index (κ3) is 3.55. The number of nitrogens with zero attached hydrogens (tertiary/aromatic N) is 2. The van der Waals surface area contributed by atoms with Crippen molar-refractivity contribution in [3.8, 4) is 0 Å². The maximum atomic E-state index is 10.7. The maximum absolute atomic E-state index is 10.7. The highest BCUT2D eigenvalue weighted by atomic mass is 35.5. The van der Waals surface area contributed by atoms with Crippen LogP contribution in [0.3, 0.4) is 0 Å². The Morgan fingerprint density at radius 1 is 1.50 bits per heavy atom. The number of hydrogen-bond acceptors (Lipinski definition) is 3. The molecule has 0 spiro atoms. The van der Waals surface area contributed by atoms with Crippen LogP contribution < -0.4 is 0 Å². The fourth-order valence-electron chi connectivity index (χ4n) is 1.76. The van der Waals surface area contributed by atoms with E-state index >= 15 is 0 Å². The van der Waals surface area contributed by atoms with Gasteiger partial charge in [-0.25, -0.2) is 4.98 Å². The van der Waals surface area contributed by atoms with Crippen LogP contribution in [0.5, 0.6) is 0 Å². The lowest BCUT2D eigenvalue weighted by atomic mass is 10.3. The molecule has 0 fully saturated rings. The predicted molar refractivity (Wildman–Crippen MR) is 82.5 cm³/mol. The summed E-state index contributed by atoms with van der Waals surface area (Å²) in [5, 5.41) is 10.2. The van der Waals surface area contributed by atoms with Gasteiger partial charge >= 0.3 is 5.97 Å². The van der Waals surface area contributed by atoms with Gasteiger partial charge in [-0.05, 0) is 32.0 Å². The van der Waals surface area contributed by atoms with E-state index in [2.05, 4.69) is 11.1 Å². The van der Waals surface area contributed by atoms with Crippen LogP contribution in [0.2, 0.25) is 5.02 Å². The summed E-state index contributed by atoms with van der Waals surface area (Å²) in [5.41, 5.74) is 2.94. The highest BCUT2D eigenvalue weighted by Crippen LogP contribution is 2.26. The molecule has 0 aliphatic rings. The number of carboxylic acid groups (broad SMARTS) is 1. The Labute approximate surface area is 126 Å². The van der Waals surface area contributed by atoms with Gasteiger partial charge in [-0.1, -0.05) is 35.0 Å². The third-order valence-electron chi connectivity index (χ3n) is 2.68. The van der Waals surface area contributed by atoms with Crippen LogP contribution in [0.1, 0.15) is 13.8 Å². The summed E-state index contributed by atoms with van der Waals surface area (Å²) in [6.45, 7) is 4.70. The number of allylic oxidation sites excluding steroid dienone is 2. The summed E-state index contributed by atoms with van der Waals surface area (Å²) < 4.78 is 1.99. The van der Waals surface area contributed by atoms with Gasteiger partial charge < -0.3 is 9.67 Å². The van der Waals surface area contributed by atoms with Gasteiger partial charge in [0.25, 0.3) is 0 Å². The van der Waals surface area contributed by atoms with E-state index in [1.807, 2.05) is 30.5 Å². The standard InChI is InChI=1S/C14H15ClN2O2S/c1-9(2)5-6-17-12-7-10(15)3-4-11(12)16-14(17)20-8-13(18)19/h3-5,7H,6,8H2,1-2H3,(H,18,19). The molecule has 6 heteroatoms. The van der Waals surface area contributed by atoms with Crippen molar-refractivity contribution in [3.63, 3.8) is 0 Å². The Balaban J connectivity index is 2.45. The summed E-state index contributed by atoms with van der Waals surface area (Å²) in [4.78, 5) is 15.2. The van der Waals surface area contributed by atoms with E-state index in [-0.39, 0.29) is 5.75 Å².